The summed E-state index contributed by atoms with van der Waals surface area (Å²) >= 11 is 3.13. The number of hydrogen-bond acceptors (Lipinski definition) is 6. The molecule has 0 fully saturated rings. The molecule has 136 valence electrons. The van der Waals surface area contributed by atoms with Crippen molar-refractivity contribution in [3.8, 4) is 10.6 Å². The van der Waals surface area contributed by atoms with Crippen molar-refractivity contribution < 1.29 is 9.53 Å². The lowest BCUT2D eigenvalue weighted by Gasteiger charge is -2.08. The van der Waals surface area contributed by atoms with E-state index in [0.29, 0.717) is 5.56 Å². The van der Waals surface area contributed by atoms with Crippen molar-refractivity contribution in [3.63, 3.8) is 0 Å². The second kappa shape index (κ2) is 7.14. The number of carbonyl (C=O) groups excluding carboxylic acids is 1. The molecule has 0 amide bonds. The van der Waals surface area contributed by atoms with E-state index in [1.54, 1.807) is 22.7 Å². The van der Waals surface area contributed by atoms with E-state index >= 15 is 0 Å². The number of para-hydroxylation sites is 2. The van der Waals surface area contributed by atoms with Crippen LogP contribution < -0.4 is 0 Å². The summed E-state index contributed by atoms with van der Waals surface area (Å²) in [5.41, 5.74) is 3.00. The average Bonchev–Trinajstić information content (AvgIpc) is 3.40. The molecule has 0 atom stereocenters. The molecule has 0 aliphatic heterocycles. The molecule has 0 radical (unpaired) electrons. The highest BCUT2D eigenvalue weighted by Crippen LogP contribution is 2.29. The molecule has 3 aromatic heterocycles. The van der Waals surface area contributed by atoms with Gasteiger partial charge in [-0.15, -0.1) is 22.7 Å². The highest BCUT2D eigenvalue weighted by Gasteiger charge is 2.16. The van der Waals surface area contributed by atoms with Crippen LogP contribution in [0.1, 0.15) is 15.4 Å². The highest BCUT2D eigenvalue weighted by molar-refractivity contribution is 7.18. The van der Waals surface area contributed by atoms with Gasteiger partial charge in [0, 0.05) is 5.39 Å². The third kappa shape index (κ3) is 3.17. The lowest BCUT2D eigenvalue weighted by molar-refractivity contribution is 0.0475. The minimum absolute atomic E-state index is 0.156. The van der Waals surface area contributed by atoms with Crippen molar-refractivity contribution in [2.45, 2.75) is 6.61 Å². The van der Waals surface area contributed by atoms with Gasteiger partial charge in [0.05, 0.1) is 31.9 Å². The van der Waals surface area contributed by atoms with Crippen LogP contribution in [-0.2, 0) is 11.3 Å². The van der Waals surface area contributed by atoms with Gasteiger partial charge in [-0.25, -0.2) is 14.8 Å². The molecular weight excluding hydrogens is 388 g/mol. The molecule has 0 spiro atoms. The lowest BCUT2D eigenvalue weighted by Crippen LogP contribution is -2.07. The molecule has 0 aliphatic carbocycles. The monoisotopic (exact) mass is 402 g/mol. The minimum Gasteiger partial charge on any atom is -0.455 e. The molecule has 4 nitrogen and oxygen atoms in total. The number of thiazole rings is 1. The molecule has 0 unspecified atom stereocenters. The zero-order valence-corrected chi connectivity index (χ0v) is 16.3. The lowest BCUT2D eigenvalue weighted by atomic mass is 10.1. The first-order chi connectivity index (χ1) is 13.8. The van der Waals surface area contributed by atoms with E-state index < -0.39 is 0 Å². The van der Waals surface area contributed by atoms with Gasteiger partial charge in [0.25, 0.3) is 0 Å². The molecule has 0 N–H and O–H groups in total. The van der Waals surface area contributed by atoms with Gasteiger partial charge in [0.1, 0.15) is 11.6 Å². The molecule has 0 aliphatic rings. The SMILES string of the molecule is O=C(OCc1nc2ccccc2s1)c1cc(-c2cccs2)nc2ccccc12. The fourth-order valence-corrected chi connectivity index (χ4v) is 4.65. The molecule has 6 heteroatoms. The van der Waals surface area contributed by atoms with Crippen molar-refractivity contribution in [1.29, 1.82) is 0 Å². The van der Waals surface area contributed by atoms with Crippen LogP contribution in [0.25, 0.3) is 31.7 Å². The van der Waals surface area contributed by atoms with E-state index in [1.807, 2.05) is 72.1 Å². The zero-order chi connectivity index (χ0) is 18.9. The molecule has 3 heterocycles. The van der Waals surface area contributed by atoms with Gasteiger partial charge in [-0.05, 0) is 35.7 Å². The molecule has 5 aromatic rings. The molecule has 2 aromatic carbocycles. The van der Waals surface area contributed by atoms with Crippen LogP contribution in [0.15, 0.2) is 72.1 Å². The molecule has 0 bridgehead atoms. The van der Waals surface area contributed by atoms with Gasteiger partial charge in [-0.2, -0.15) is 0 Å². The van der Waals surface area contributed by atoms with Crippen LogP contribution in [0.4, 0.5) is 0 Å². The number of aromatic nitrogens is 2. The van der Waals surface area contributed by atoms with Crippen molar-refractivity contribution in [2.75, 3.05) is 0 Å². The topological polar surface area (TPSA) is 52.1 Å². The van der Waals surface area contributed by atoms with Crippen LogP contribution in [0.3, 0.4) is 0 Å². The number of ether oxygens (including phenoxy) is 1. The Labute approximate surface area is 169 Å². The quantitative estimate of drug-likeness (QED) is 0.350. The number of nitrogens with zero attached hydrogens (tertiary/aromatic N) is 2. The first-order valence-corrected chi connectivity index (χ1v) is 10.4. The van der Waals surface area contributed by atoms with Crippen LogP contribution >= 0.6 is 22.7 Å². The Balaban J connectivity index is 1.48. The summed E-state index contributed by atoms with van der Waals surface area (Å²) < 4.78 is 6.69. The van der Waals surface area contributed by atoms with E-state index in [1.165, 1.54) is 0 Å². The Kier molecular flexibility index (Phi) is 4.35. The standard InChI is InChI=1S/C22H14N2O2S2/c25-22(26-13-21-24-17-8-3-4-9-20(17)28-21)15-12-18(19-10-5-11-27-19)23-16-7-2-1-6-14(15)16/h1-12H,13H2. The Morgan fingerprint density at radius 3 is 2.57 bits per heavy atom. The van der Waals surface area contributed by atoms with E-state index in [-0.39, 0.29) is 12.6 Å². The Morgan fingerprint density at radius 1 is 0.929 bits per heavy atom. The molecule has 0 saturated carbocycles. The number of rotatable bonds is 4. The van der Waals surface area contributed by atoms with Gasteiger partial charge in [0.15, 0.2) is 0 Å². The smallest absolute Gasteiger partial charge is 0.339 e. The van der Waals surface area contributed by atoms with Gasteiger partial charge >= 0.3 is 5.97 Å². The van der Waals surface area contributed by atoms with Crippen LogP contribution in [-0.4, -0.2) is 15.9 Å². The third-order valence-corrected chi connectivity index (χ3v) is 6.28. The molecule has 28 heavy (non-hydrogen) atoms. The normalized spacial score (nSPS) is 11.1. The van der Waals surface area contributed by atoms with Crippen molar-refractivity contribution in [1.82, 2.24) is 9.97 Å². The van der Waals surface area contributed by atoms with E-state index in [2.05, 4.69) is 4.98 Å². The summed E-state index contributed by atoms with van der Waals surface area (Å²) in [6, 6.07) is 21.3. The Bertz CT molecular complexity index is 1260. The molecule has 5 rings (SSSR count). The first-order valence-electron chi connectivity index (χ1n) is 8.73. The van der Waals surface area contributed by atoms with E-state index in [0.717, 1.165) is 36.7 Å². The molecule has 0 saturated heterocycles. The zero-order valence-electron chi connectivity index (χ0n) is 14.7. The Hall–Kier alpha value is -3.09. The van der Waals surface area contributed by atoms with Gasteiger partial charge < -0.3 is 4.74 Å². The molecular formula is C22H14N2O2S2. The second-order valence-corrected chi connectivity index (χ2v) is 8.26. The maximum atomic E-state index is 12.9. The number of pyridine rings is 1. The van der Waals surface area contributed by atoms with Crippen LogP contribution in [0, 0.1) is 0 Å². The number of carbonyl (C=O) groups is 1. The summed E-state index contributed by atoms with van der Waals surface area (Å²) in [4.78, 5) is 23.1. The maximum Gasteiger partial charge on any atom is 0.339 e. The van der Waals surface area contributed by atoms with E-state index in [4.69, 9.17) is 9.72 Å². The van der Waals surface area contributed by atoms with Crippen LogP contribution in [0.5, 0.6) is 0 Å². The maximum absolute atomic E-state index is 12.9. The fraction of sp³-hybridized carbons (Fsp3) is 0.0455. The summed E-state index contributed by atoms with van der Waals surface area (Å²) in [5.74, 6) is -0.365. The summed E-state index contributed by atoms with van der Waals surface area (Å²) in [7, 11) is 0. The van der Waals surface area contributed by atoms with Crippen molar-refractivity contribution >= 4 is 49.8 Å². The van der Waals surface area contributed by atoms with Crippen LogP contribution in [0.2, 0.25) is 0 Å². The van der Waals surface area contributed by atoms with Crippen molar-refractivity contribution in [3.05, 3.63) is 82.7 Å². The minimum atomic E-state index is -0.365. The number of benzene rings is 2. The summed E-state index contributed by atoms with van der Waals surface area (Å²) in [6.45, 7) is 0.156. The number of fused-ring (bicyclic) bond motifs is 2. The predicted octanol–water partition coefficient (Wildman–Crippen LogP) is 5.93. The van der Waals surface area contributed by atoms with E-state index in [9.17, 15) is 4.79 Å². The van der Waals surface area contributed by atoms with Gasteiger partial charge in [0.2, 0.25) is 0 Å². The largest absolute Gasteiger partial charge is 0.455 e. The number of hydrogen-bond donors (Lipinski definition) is 0. The summed E-state index contributed by atoms with van der Waals surface area (Å²) in [6.07, 6.45) is 0. The first kappa shape index (κ1) is 17.0. The van der Waals surface area contributed by atoms with Gasteiger partial charge in [-0.3, -0.25) is 0 Å². The average molecular weight is 403 g/mol. The predicted molar refractivity (Wildman–Crippen MR) is 114 cm³/mol. The summed E-state index contributed by atoms with van der Waals surface area (Å²) in [5, 5.41) is 3.57. The third-order valence-electron chi connectivity index (χ3n) is 4.37. The number of esters is 1. The Morgan fingerprint density at radius 2 is 1.75 bits per heavy atom. The van der Waals surface area contributed by atoms with Crippen molar-refractivity contribution in [2.24, 2.45) is 0 Å². The fourth-order valence-electron chi connectivity index (χ4n) is 3.08. The highest BCUT2D eigenvalue weighted by atomic mass is 32.1. The van der Waals surface area contributed by atoms with Gasteiger partial charge in [-0.1, -0.05) is 36.4 Å². The second-order valence-electron chi connectivity index (χ2n) is 6.20. The number of thiophene rings is 1.